The van der Waals surface area contributed by atoms with Crippen LogP contribution in [0.1, 0.15) is 98.8 Å². The highest BCUT2D eigenvalue weighted by atomic mass is 16.7. The first-order valence-electron chi connectivity index (χ1n) is 17.6. The number of carbonyl (C=O) groups excluding carboxylic acids is 3. The molecule has 0 spiro atoms. The van der Waals surface area contributed by atoms with Gasteiger partial charge in [-0.3, -0.25) is 24.6 Å². The third kappa shape index (κ3) is 7.19. The molecule has 1 amide bonds. The highest BCUT2D eigenvalue weighted by molar-refractivity contribution is 5.91. The van der Waals surface area contributed by atoms with Crippen molar-refractivity contribution in [2.75, 3.05) is 40.8 Å². The Hall–Kier alpha value is -2.26. The zero-order valence-corrected chi connectivity index (χ0v) is 29.2. The van der Waals surface area contributed by atoms with Crippen molar-refractivity contribution in [1.29, 1.82) is 0 Å². The van der Waals surface area contributed by atoms with Crippen LogP contribution >= 0.6 is 0 Å². The van der Waals surface area contributed by atoms with Crippen molar-refractivity contribution in [3.8, 4) is 0 Å². The molecule has 1 saturated heterocycles. The Kier molecular flexibility index (Phi) is 9.92. The predicted octanol–water partition coefficient (Wildman–Crippen LogP) is 5.73. The van der Waals surface area contributed by atoms with E-state index in [1.54, 1.807) is 4.90 Å². The zero-order chi connectivity index (χ0) is 32.7. The Bertz CT molecular complexity index is 1210. The van der Waals surface area contributed by atoms with Crippen LogP contribution in [-0.2, 0) is 19.2 Å². The number of ketones is 1. The average molecular weight is 628 g/mol. The number of allylic oxidation sites excluding steroid dienone is 1. The van der Waals surface area contributed by atoms with Crippen molar-refractivity contribution < 1.29 is 28.4 Å². The van der Waals surface area contributed by atoms with Gasteiger partial charge in [-0.25, -0.2) is 4.79 Å². The second-order valence-electron chi connectivity index (χ2n) is 16.7. The molecular formula is C36H59N4O5+. The number of nitrogens with zero attached hydrogens (tertiary/aromatic N) is 3. The molecule has 45 heavy (non-hydrogen) atoms. The van der Waals surface area contributed by atoms with Gasteiger partial charge in [-0.1, -0.05) is 24.6 Å². The summed E-state index contributed by atoms with van der Waals surface area (Å²) in [6.07, 6.45) is 11.5. The molecule has 9 nitrogen and oxygen atoms in total. The fraction of sp³-hybridized carbons (Fsp3) is 0.833. The van der Waals surface area contributed by atoms with Gasteiger partial charge in [0.1, 0.15) is 6.04 Å². The van der Waals surface area contributed by atoms with Crippen LogP contribution in [0, 0.1) is 34.5 Å². The molecular weight excluding hydrogens is 568 g/mol. The molecule has 4 aliphatic carbocycles. The van der Waals surface area contributed by atoms with Gasteiger partial charge < -0.3 is 9.22 Å². The number of quaternary nitrogens is 1. The molecule has 252 valence electrons. The van der Waals surface area contributed by atoms with E-state index in [1.165, 1.54) is 24.8 Å². The number of oxime groups is 1. The maximum atomic E-state index is 13.5. The van der Waals surface area contributed by atoms with Gasteiger partial charge in [-0.15, -0.1) is 0 Å². The average Bonchev–Trinajstić information content (AvgIpc) is 3.57. The minimum Gasteiger partial charge on any atom is -0.462 e. The third-order valence-electron chi connectivity index (χ3n) is 12.4. The van der Waals surface area contributed by atoms with Gasteiger partial charge in [0.25, 0.3) is 0 Å². The van der Waals surface area contributed by atoms with Gasteiger partial charge in [0, 0.05) is 24.9 Å². The molecule has 0 aromatic rings. The van der Waals surface area contributed by atoms with Gasteiger partial charge in [0.05, 0.1) is 46.0 Å². The number of ether oxygens (including phenoxy) is 1. The summed E-state index contributed by atoms with van der Waals surface area (Å²) in [5, 5.41) is 7.91. The fourth-order valence-electron chi connectivity index (χ4n) is 9.89. The highest BCUT2D eigenvalue weighted by Crippen LogP contribution is 2.66. The van der Waals surface area contributed by atoms with Crippen molar-refractivity contribution in [1.82, 2.24) is 10.2 Å². The van der Waals surface area contributed by atoms with Crippen LogP contribution in [0.3, 0.4) is 0 Å². The van der Waals surface area contributed by atoms with Crippen molar-refractivity contribution in [3.63, 3.8) is 0 Å². The number of likely N-dealkylation sites (N-methyl/N-ethyl adjacent to an activating group) is 1. The molecule has 9 heteroatoms. The third-order valence-corrected chi connectivity index (χ3v) is 12.4. The Morgan fingerprint density at radius 2 is 1.80 bits per heavy atom. The van der Waals surface area contributed by atoms with E-state index in [4.69, 9.17) is 9.57 Å². The number of amides is 1. The Balaban J connectivity index is 1.23. The summed E-state index contributed by atoms with van der Waals surface area (Å²) < 4.78 is 6.13. The Labute approximate surface area is 271 Å². The summed E-state index contributed by atoms with van der Waals surface area (Å²) in [5.74, 6) is 2.38. The van der Waals surface area contributed by atoms with Crippen molar-refractivity contribution in [2.24, 2.45) is 39.7 Å². The van der Waals surface area contributed by atoms with Gasteiger partial charge >= 0.3 is 12.1 Å². The van der Waals surface area contributed by atoms with Crippen molar-refractivity contribution in [3.05, 3.63) is 11.6 Å². The minimum atomic E-state index is -0.424. The van der Waals surface area contributed by atoms with E-state index in [1.807, 2.05) is 26.8 Å². The van der Waals surface area contributed by atoms with E-state index in [-0.39, 0.29) is 35.0 Å². The van der Waals surface area contributed by atoms with Gasteiger partial charge in [-0.05, 0) is 113 Å². The first-order chi connectivity index (χ1) is 21.1. The molecule has 8 atom stereocenters. The van der Waals surface area contributed by atoms with Gasteiger partial charge in [0.15, 0.2) is 5.78 Å². The number of fused-ring (bicyclic) bond motifs is 5. The SMILES string of the molecule is C/C(=N\OC(=O)N(CC[N+](C)(C)C)CC1CCC(C(=O)OC(C)C)N1)[C@H]1CC[C@H]2[C@@H]3CCC4=CC(=O)CC[C@]4(C)[C@H]3CC[C@]12C. The minimum absolute atomic E-state index is 0.000471. The normalized spacial score (nSPS) is 36.6. The van der Waals surface area contributed by atoms with Crippen LogP contribution in [-0.4, -0.2) is 91.9 Å². The molecule has 3 saturated carbocycles. The van der Waals surface area contributed by atoms with Gasteiger partial charge in [0.2, 0.25) is 0 Å². The van der Waals surface area contributed by atoms with E-state index < -0.39 is 6.09 Å². The molecule has 0 aromatic heterocycles. The summed E-state index contributed by atoms with van der Waals surface area (Å²) in [6.45, 7) is 12.4. The largest absolute Gasteiger partial charge is 0.462 e. The van der Waals surface area contributed by atoms with E-state index in [9.17, 15) is 14.4 Å². The van der Waals surface area contributed by atoms with Crippen LogP contribution in [0.25, 0.3) is 0 Å². The number of nitrogens with one attached hydrogen (secondary N) is 1. The standard InChI is InChI=1S/C36H59N4O5/c1-23(2)44-33(42)32-14-10-26(37-32)22-39(19-20-40(6,7)8)34(43)45-38-24(3)29-12-13-30-28-11-9-25-21-27(41)15-17-35(25,4)31(28)16-18-36(29,30)5/h21,23,26,28-32,37H,9-20,22H2,1-8H3/q+1/b38-24+/t26?,28-,29+,30-,31-,32?,35-,36+/m0/s1. The monoisotopic (exact) mass is 627 g/mol. The summed E-state index contributed by atoms with van der Waals surface area (Å²) in [6, 6.07) is -0.338. The maximum Gasteiger partial charge on any atom is 0.436 e. The van der Waals surface area contributed by atoms with Crippen molar-refractivity contribution >= 4 is 23.6 Å². The lowest BCUT2D eigenvalue weighted by Gasteiger charge is -2.58. The number of hydrogen-bond acceptors (Lipinski definition) is 7. The van der Waals surface area contributed by atoms with Crippen LogP contribution < -0.4 is 5.32 Å². The summed E-state index contributed by atoms with van der Waals surface area (Å²) in [4.78, 5) is 45.6. The highest BCUT2D eigenvalue weighted by Gasteiger charge is 2.59. The topological polar surface area (TPSA) is 97.3 Å². The summed E-state index contributed by atoms with van der Waals surface area (Å²) in [7, 11) is 6.34. The molecule has 0 radical (unpaired) electrons. The quantitative estimate of drug-likeness (QED) is 0.115. The summed E-state index contributed by atoms with van der Waals surface area (Å²) in [5.41, 5.74) is 2.67. The summed E-state index contributed by atoms with van der Waals surface area (Å²) >= 11 is 0. The molecule has 0 aromatic carbocycles. The second-order valence-corrected chi connectivity index (χ2v) is 16.7. The second kappa shape index (κ2) is 13.1. The number of carbonyl (C=O) groups is 3. The van der Waals surface area contributed by atoms with Crippen molar-refractivity contribution in [2.45, 2.75) is 117 Å². The molecule has 5 rings (SSSR count). The number of esters is 1. The predicted molar refractivity (Wildman–Crippen MR) is 175 cm³/mol. The van der Waals surface area contributed by atoms with E-state index in [0.717, 1.165) is 48.8 Å². The zero-order valence-electron chi connectivity index (χ0n) is 29.2. The van der Waals surface area contributed by atoms with Crippen LogP contribution in [0.4, 0.5) is 4.79 Å². The Morgan fingerprint density at radius 1 is 1.04 bits per heavy atom. The number of rotatable bonds is 9. The molecule has 0 bridgehead atoms. The lowest BCUT2D eigenvalue weighted by Crippen LogP contribution is -2.51. The van der Waals surface area contributed by atoms with Crippen LogP contribution in [0.15, 0.2) is 16.8 Å². The van der Waals surface area contributed by atoms with E-state index >= 15 is 0 Å². The molecule has 1 N–H and O–H groups in total. The smallest absolute Gasteiger partial charge is 0.436 e. The van der Waals surface area contributed by atoms with Crippen LogP contribution in [0.2, 0.25) is 0 Å². The van der Waals surface area contributed by atoms with E-state index in [2.05, 4.69) is 45.5 Å². The van der Waals surface area contributed by atoms with Gasteiger partial charge in [-0.2, -0.15) is 0 Å². The molecule has 1 heterocycles. The Morgan fingerprint density at radius 3 is 2.51 bits per heavy atom. The lowest BCUT2D eigenvalue weighted by atomic mass is 9.46. The number of hydrogen-bond donors (Lipinski definition) is 1. The first-order valence-corrected chi connectivity index (χ1v) is 17.6. The van der Waals surface area contributed by atoms with E-state index in [0.29, 0.717) is 55.4 Å². The molecule has 2 unspecified atom stereocenters. The molecule has 5 aliphatic rings. The van der Waals surface area contributed by atoms with Crippen LogP contribution in [0.5, 0.6) is 0 Å². The first kappa shape index (κ1) is 34.1. The molecule has 4 fully saturated rings. The lowest BCUT2D eigenvalue weighted by molar-refractivity contribution is -0.869. The molecule has 1 aliphatic heterocycles. The fourth-order valence-corrected chi connectivity index (χ4v) is 9.89. The maximum absolute atomic E-state index is 13.5.